The Labute approximate surface area is 219 Å². The number of carbonyl (C=O) groups excluding carboxylic acids is 2. The van der Waals surface area contributed by atoms with Crippen LogP contribution in [0.3, 0.4) is 0 Å². The zero-order valence-corrected chi connectivity index (χ0v) is 21.6. The highest BCUT2D eigenvalue weighted by atomic mass is 127. The lowest BCUT2D eigenvalue weighted by Gasteiger charge is -2.14. The number of rotatable bonds is 7. The van der Waals surface area contributed by atoms with Gasteiger partial charge in [0.2, 0.25) is 0 Å². The predicted octanol–water partition coefficient (Wildman–Crippen LogP) is 6.91. The molecule has 0 saturated carbocycles. The Kier molecular flexibility index (Phi) is 7.80. The number of carbonyl (C=O) groups is 2. The fourth-order valence-electron chi connectivity index (χ4n) is 3.26. The van der Waals surface area contributed by atoms with Gasteiger partial charge in [0.15, 0.2) is 11.5 Å². The van der Waals surface area contributed by atoms with Crippen LogP contribution in [0.5, 0.6) is 11.5 Å². The molecule has 4 rings (SSSR count). The van der Waals surface area contributed by atoms with Crippen LogP contribution in [0, 0.1) is 9.39 Å². The monoisotopic (exact) mass is 609 g/mol. The van der Waals surface area contributed by atoms with E-state index in [1.165, 1.54) is 25.3 Å². The van der Waals surface area contributed by atoms with Gasteiger partial charge >= 0.3 is 0 Å². The molecule has 1 fully saturated rings. The summed E-state index contributed by atoms with van der Waals surface area (Å²) in [6.45, 7) is 0.145. The first-order valence-corrected chi connectivity index (χ1v) is 12.4. The summed E-state index contributed by atoms with van der Waals surface area (Å²) in [5.74, 6) is -0.0226. The molecule has 0 N–H and O–H groups in total. The molecule has 0 atom stereocenters. The minimum Gasteiger partial charge on any atom is -0.493 e. The second kappa shape index (κ2) is 10.8. The molecule has 174 valence electrons. The summed E-state index contributed by atoms with van der Waals surface area (Å²) in [5.41, 5.74) is 1.78. The van der Waals surface area contributed by atoms with Crippen molar-refractivity contribution in [1.29, 1.82) is 0 Å². The van der Waals surface area contributed by atoms with Gasteiger partial charge in [-0.15, -0.1) is 0 Å². The van der Waals surface area contributed by atoms with Crippen LogP contribution in [-0.2, 0) is 17.9 Å². The zero-order chi connectivity index (χ0) is 24.2. The van der Waals surface area contributed by atoms with Crippen molar-refractivity contribution in [2.24, 2.45) is 0 Å². The molecule has 5 nitrogen and oxygen atoms in total. The minimum atomic E-state index is -0.568. The first kappa shape index (κ1) is 24.6. The van der Waals surface area contributed by atoms with E-state index in [1.807, 2.05) is 24.3 Å². The molecule has 0 aliphatic carbocycles. The highest BCUT2D eigenvalue weighted by Crippen LogP contribution is 2.36. The molecule has 1 saturated heterocycles. The molecule has 9 heteroatoms. The summed E-state index contributed by atoms with van der Waals surface area (Å²) in [7, 11) is 1.53. The van der Waals surface area contributed by atoms with Crippen LogP contribution in [0.25, 0.3) is 6.08 Å². The third-order valence-electron chi connectivity index (χ3n) is 5.04. The Morgan fingerprint density at radius 2 is 1.85 bits per heavy atom. The molecular weight excluding hydrogens is 592 g/mol. The zero-order valence-electron chi connectivity index (χ0n) is 17.9. The van der Waals surface area contributed by atoms with Crippen LogP contribution in [0.1, 0.15) is 16.7 Å². The van der Waals surface area contributed by atoms with Gasteiger partial charge < -0.3 is 9.47 Å². The van der Waals surface area contributed by atoms with Crippen molar-refractivity contribution in [3.05, 3.63) is 96.7 Å². The molecule has 3 aromatic rings. The van der Waals surface area contributed by atoms with Gasteiger partial charge in [-0.3, -0.25) is 14.5 Å². The first-order chi connectivity index (χ1) is 16.4. The molecule has 0 radical (unpaired) electrons. The molecule has 0 unspecified atom stereocenters. The predicted molar refractivity (Wildman–Crippen MR) is 139 cm³/mol. The molecule has 0 aromatic heterocycles. The maximum atomic E-state index is 14.1. The van der Waals surface area contributed by atoms with E-state index in [4.69, 9.17) is 21.1 Å². The smallest absolute Gasteiger partial charge is 0.293 e. The van der Waals surface area contributed by atoms with Crippen LogP contribution in [0.4, 0.5) is 9.18 Å². The summed E-state index contributed by atoms with van der Waals surface area (Å²) in [6.07, 6.45) is 1.60. The Morgan fingerprint density at radius 3 is 2.56 bits per heavy atom. The number of thioether (sulfide) groups is 1. The van der Waals surface area contributed by atoms with E-state index in [2.05, 4.69) is 22.6 Å². The average Bonchev–Trinajstić information content (AvgIpc) is 3.08. The number of ether oxygens (including phenoxy) is 2. The number of hydrogen-bond donors (Lipinski definition) is 0. The number of methoxy groups -OCH3 is 1. The summed E-state index contributed by atoms with van der Waals surface area (Å²) < 4.78 is 26.6. The molecule has 2 amide bonds. The van der Waals surface area contributed by atoms with Gasteiger partial charge in [0.05, 0.1) is 18.6 Å². The second-order valence-corrected chi connectivity index (χ2v) is 9.94. The largest absolute Gasteiger partial charge is 0.493 e. The molecule has 0 spiro atoms. The van der Waals surface area contributed by atoms with Crippen LogP contribution < -0.4 is 9.47 Å². The fraction of sp³-hybridized carbons (Fsp3) is 0.120. The average molecular weight is 610 g/mol. The van der Waals surface area contributed by atoms with Crippen molar-refractivity contribution in [1.82, 2.24) is 4.90 Å². The van der Waals surface area contributed by atoms with Gasteiger partial charge in [-0.05, 0) is 88.0 Å². The van der Waals surface area contributed by atoms with Gasteiger partial charge in [0, 0.05) is 14.2 Å². The van der Waals surface area contributed by atoms with Crippen molar-refractivity contribution in [2.75, 3.05) is 7.11 Å². The molecular formula is C25H18ClFINO4S. The highest BCUT2D eigenvalue weighted by molar-refractivity contribution is 14.1. The molecule has 1 heterocycles. The maximum absolute atomic E-state index is 14.1. The van der Waals surface area contributed by atoms with Crippen LogP contribution in [0.15, 0.2) is 65.6 Å². The number of hydrogen-bond acceptors (Lipinski definition) is 5. The van der Waals surface area contributed by atoms with Gasteiger partial charge in [0.25, 0.3) is 11.1 Å². The van der Waals surface area contributed by atoms with Crippen LogP contribution in [-0.4, -0.2) is 23.2 Å². The van der Waals surface area contributed by atoms with E-state index in [9.17, 15) is 14.0 Å². The van der Waals surface area contributed by atoms with Gasteiger partial charge in [-0.25, -0.2) is 4.39 Å². The van der Waals surface area contributed by atoms with E-state index >= 15 is 0 Å². The Morgan fingerprint density at radius 1 is 1.09 bits per heavy atom. The van der Waals surface area contributed by atoms with Crippen LogP contribution in [0.2, 0.25) is 5.02 Å². The van der Waals surface area contributed by atoms with E-state index in [-0.39, 0.29) is 22.0 Å². The molecule has 3 aromatic carbocycles. The van der Waals surface area contributed by atoms with E-state index in [0.717, 1.165) is 25.8 Å². The first-order valence-electron chi connectivity index (χ1n) is 10.1. The number of nitrogens with zero attached hydrogens (tertiary/aromatic N) is 1. The molecule has 0 bridgehead atoms. The lowest BCUT2D eigenvalue weighted by Crippen LogP contribution is -2.28. The van der Waals surface area contributed by atoms with Gasteiger partial charge in [-0.1, -0.05) is 35.9 Å². The summed E-state index contributed by atoms with van der Waals surface area (Å²) in [4.78, 5) is 26.5. The van der Waals surface area contributed by atoms with Crippen LogP contribution >= 0.6 is 46.0 Å². The topological polar surface area (TPSA) is 55.8 Å². The normalized spacial score (nSPS) is 14.7. The number of halogens is 3. The summed E-state index contributed by atoms with van der Waals surface area (Å²) in [5, 5.41) is -0.325. The number of amides is 2. The Balaban J connectivity index is 1.50. The molecule has 1 aliphatic heterocycles. The number of imide groups is 1. The lowest BCUT2D eigenvalue weighted by molar-refractivity contribution is -0.123. The summed E-state index contributed by atoms with van der Waals surface area (Å²) >= 11 is 9.09. The standard InChI is InChI=1S/C25H18ClFINO4S/c1-32-22-11-16(7-10-21(22)33-14-15-5-8-17(28)9-6-15)12-23-24(30)29(25(31)34-23)13-18-19(26)3-2-4-20(18)27/h2-12H,13-14H2,1H3/b23-12-. The van der Waals surface area contributed by atoms with Crippen molar-refractivity contribution in [3.63, 3.8) is 0 Å². The third-order valence-corrected chi connectivity index (χ3v) is 7.03. The van der Waals surface area contributed by atoms with Gasteiger partial charge in [-0.2, -0.15) is 0 Å². The van der Waals surface area contributed by atoms with Gasteiger partial charge in [0.1, 0.15) is 12.4 Å². The van der Waals surface area contributed by atoms with E-state index in [1.54, 1.807) is 24.3 Å². The fourth-order valence-corrected chi connectivity index (χ4v) is 4.68. The molecule has 1 aliphatic rings. The van der Waals surface area contributed by atoms with Crippen molar-refractivity contribution in [2.45, 2.75) is 13.2 Å². The highest BCUT2D eigenvalue weighted by Gasteiger charge is 2.36. The Bertz CT molecular complexity index is 1260. The number of benzene rings is 3. The second-order valence-electron chi connectivity index (χ2n) is 7.29. The van der Waals surface area contributed by atoms with Crippen molar-refractivity contribution in [3.8, 4) is 11.5 Å². The Hall–Kier alpha value is -2.56. The van der Waals surface area contributed by atoms with E-state index < -0.39 is 17.0 Å². The van der Waals surface area contributed by atoms with Crippen molar-refractivity contribution < 1.29 is 23.5 Å². The minimum absolute atomic E-state index is 0.101. The van der Waals surface area contributed by atoms with E-state index in [0.29, 0.717) is 23.7 Å². The SMILES string of the molecule is COc1cc(/C=C2\SC(=O)N(Cc3c(F)cccc3Cl)C2=O)ccc1OCc1ccc(I)cc1. The van der Waals surface area contributed by atoms with Crippen molar-refractivity contribution >= 4 is 63.2 Å². The molecule has 34 heavy (non-hydrogen) atoms. The maximum Gasteiger partial charge on any atom is 0.293 e. The quantitative estimate of drug-likeness (QED) is 0.215. The summed E-state index contributed by atoms with van der Waals surface area (Å²) in [6, 6.07) is 17.5. The third kappa shape index (κ3) is 5.56. The lowest BCUT2D eigenvalue weighted by atomic mass is 10.1.